The smallest absolute Gasteiger partial charge is 0.191 e. The Bertz CT molecular complexity index is 373. The van der Waals surface area contributed by atoms with Crippen LogP contribution in [0.25, 0.3) is 0 Å². The second-order valence-corrected chi connectivity index (χ2v) is 3.63. The Balaban J connectivity index is 3.26. The van der Waals surface area contributed by atoms with Gasteiger partial charge in [-0.25, -0.2) is 0 Å². The lowest BCUT2D eigenvalue weighted by Gasteiger charge is -2.09. The van der Waals surface area contributed by atoms with Gasteiger partial charge in [0.2, 0.25) is 0 Å². The monoisotopic (exact) mass is 265 g/mol. The maximum absolute atomic E-state index is 12.8. The van der Waals surface area contributed by atoms with Gasteiger partial charge in [-0.05, 0) is 18.2 Å². The summed E-state index contributed by atoms with van der Waals surface area (Å²) >= 11 is 8.60. The summed E-state index contributed by atoms with van der Waals surface area (Å²) < 4.78 is 26.2. The van der Waals surface area contributed by atoms with Gasteiger partial charge in [-0.15, -0.1) is 0 Å². The molecule has 68 valence electrons. The van der Waals surface area contributed by atoms with E-state index < -0.39 is 11.5 Å². The minimum absolute atomic E-state index is 0.124. The van der Waals surface area contributed by atoms with Crippen LogP contribution in [0.2, 0.25) is 5.02 Å². The number of nitriles is 1. The van der Waals surface area contributed by atoms with Gasteiger partial charge < -0.3 is 0 Å². The number of hydrogen-bond donors (Lipinski definition) is 0. The highest BCUT2D eigenvalue weighted by molar-refractivity contribution is 9.10. The molecule has 0 bridgehead atoms. The van der Waals surface area contributed by atoms with Gasteiger partial charge in [0.05, 0.1) is 10.6 Å². The predicted octanol–water partition coefficient (Wildman–Crippen LogP) is 3.72. The third kappa shape index (κ3) is 2.17. The van der Waals surface area contributed by atoms with Crippen molar-refractivity contribution in [2.45, 2.75) is 5.92 Å². The maximum atomic E-state index is 12.8. The molecule has 0 fully saturated rings. The molecule has 0 unspecified atom stereocenters. The zero-order valence-corrected chi connectivity index (χ0v) is 8.53. The van der Waals surface area contributed by atoms with E-state index in [0.29, 0.717) is 4.47 Å². The van der Waals surface area contributed by atoms with Crippen LogP contribution in [-0.4, -0.2) is 0 Å². The summed E-state index contributed by atoms with van der Waals surface area (Å²) in [6, 6.07) is 4.74. The van der Waals surface area contributed by atoms with Gasteiger partial charge in [-0.3, -0.25) is 0 Å². The zero-order chi connectivity index (χ0) is 10.1. The van der Waals surface area contributed by atoms with E-state index in [1.165, 1.54) is 12.1 Å². The van der Waals surface area contributed by atoms with Crippen LogP contribution in [-0.2, 0) is 5.92 Å². The quantitative estimate of drug-likeness (QED) is 0.760. The van der Waals surface area contributed by atoms with Crippen LogP contribution >= 0.6 is 27.5 Å². The van der Waals surface area contributed by atoms with E-state index in [2.05, 4.69) is 15.9 Å². The third-order valence-electron chi connectivity index (χ3n) is 1.41. The number of rotatable bonds is 1. The molecule has 0 N–H and O–H groups in total. The summed E-state index contributed by atoms with van der Waals surface area (Å²) in [4.78, 5) is 0. The standard InChI is InChI=1S/C8H3BrClF2N/c9-5-1-2-6(7(10)3-5)8(11,12)4-13/h1-3H. The van der Waals surface area contributed by atoms with E-state index >= 15 is 0 Å². The maximum Gasteiger partial charge on any atom is 0.358 e. The van der Waals surface area contributed by atoms with Crippen molar-refractivity contribution >= 4 is 27.5 Å². The van der Waals surface area contributed by atoms with Crippen molar-refractivity contribution in [1.29, 1.82) is 5.26 Å². The Hall–Kier alpha value is -0.660. The highest BCUT2D eigenvalue weighted by atomic mass is 79.9. The third-order valence-corrected chi connectivity index (χ3v) is 2.22. The van der Waals surface area contributed by atoms with Gasteiger partial charge in [0.25, 0.3) is 0 Å². The molecule has 5 heteroatoms. The molecule has 0 spiro atoms. The summed E-state index contributed by atoms with van der Waals surface area (Å²) in [5.74, 6) is -3.53. The topological polar surface area (TPSA) is 23.8 Å². The van der Waals surface area contributed by atoms with Crippen molar-refractivity contribution in [2.24, 2.45) is 0 Å². The van der Waals surface area contributed by atoms with Crippen LogP contribution in [0.15, 0.2) is 22.7 Å². The van der Waals surface area contributed by atoms with Gasteiger partial charge in [-0.2, -0.15) is 14.0 Å². The average molecular weight is 266 g/mol. The fraction of sp³-hybridized carbons (Fsp3) is 0.125. The Labute approximate surface area is 87.1 Å². The molecular formula is C8H3BrClF2N. The molecule has 0 aliphatic carbocycles. The molecule has 0 radical (unpaired) electrons. The van der Waals surface area contributed by atoms with Gasteiger partial charge in [0.1, 0.15) is 6.07 Å². The molecule has 0 amide bonds. The van der Waals surface area contributed by atoms with Gasteiger partial charge >= 0.3 is 5.92 Å². The Morgan fingerprint density at radius 1 is 1.46 bits per heavy atom. The number of halogens is 4. The summed E-state index contributed by atoms with van der Waals surface area (Å²) in [6.07, 6.45) is 0. The number of hydrogen-bond acceptors (Lipinski definition) is 1. The van der Waals surface area contributed by atoms with E-state index in [4.69, 9.17) is 16.9 Å². The van der Waals surface area contributed by atoms with Crippen molar-refractivity contribution in [1.82, 2.24) is 0 Å². The molecule has 1 rings (SSSR count). The van der Waals surface area contributed by atoms with Crippen LogP contribution < -0.4 is 0 Å². The minimum atomic E-state index is -3.53. The van der Waals surface area contributed by atoms with E-state index in [9.17, 15) is 8.78 Å². The first-order valence-corrected chi connectivity index (χ1v) is 4.39. The second-order valence-electron chi connectivity index (χ2n) is 2.31. The molecule has 1 aromatic rings. The summed E-state index contributed by atoms with van der Waals surface area (Å²) in [5.41, 5.74) is -0.472. The van der Waals surface area contributed by atoms with Crippen molar-refractivity contribution in [3.8, 4) is 6.07 Å². The fourth-order valence-electron chi connectivity index (χ4n) is 0.804. The molecule has 1 aromatic carbocycles. The molecule has 0 aromatic heterocycles. The van der Waals surface area contributed by atoms with Gasteiger partial charge in [0.15, 0.2) is 0 Å². The van der Waals surface area contributed by atoms with E-state index in [1.807, 2.05) is 0 Å². The lowest BCUT2D eigenvalue weighted by molar-refractivity contribution is 0.0614. The molecule has 1 nitrogen and oxygen atoms in total. The van der Waals surface area contributed by atoms with Crippen molar-refractivity contribution in [3.05, 3.63) is 33.3 Å². The SMILES string of the molecule is N#CC(F)(F)c1ccc(Br)cc1Cl. The van der Waals surface area contributed by atoms with Crippen molar-refractivity contribution in [3.63, 3.8) is 0 Å². The molecular weight excluding hydrogens is 263 g/mol. The first-order chi connectivity index (χ1) is 5.97. The molecule has 0 saturated carbocycles. The number of nitrogens with zero attached hydrogens (tertiary/aromatic N) is 1. The molecule has 0 atom stereocenters. The lowest BCUT2D eigenvalue weighted by Crippen LogP contribution is -2.10. The van der Waals surface area contributed by atoms with E-state index in [0.717, 1.165) is 12.1 Å². The molecule has 0 saturated heterocycles. The first-order valence-electron chi connectivity index (χ1n) is 3.22. The Morgan fingerprint density at radius 3 is 2.54 bits per heavy atom. The highest BCUT2D eigenvalue weighted by Crippen LogP contribution is 2.34. The van der Waals surface area contributed by atoms with Crippen LogP contribution in [0.3, 0.4) is 0 Å². The summed E-state index contributed by atoms with van der Waals surface area (Å²) in [5, 5.41) is 8.05. The summed E-state index contributed by atoms with van der Waals surface area (Å²) in [7, 11) is 0. The normalized spacial score (nSPS) is 11.0. The molecule has 0 aliphatic heterocycles. The number of alkyl halides is 2. The fourth-order valence-corrected chi connectivity index (χ4v) is 1.60. The highest BCUT2D eigenvalue weighted by Gasteiger charge is 2.33. The zero-order valence-electron chi connectivity index (χ0n) is 6.19. The van der Waals surface area contributed by atoms with Crippen LogP contribution in [0.4, 0.5) is 8.78 Å². The first kappa shape index (κ1) is 10.4. The molecule has 13 heavy (non-hydrogen) atoms. The second kappa shape index (κ2) is 3.60. The van der Waals surface area contributed by atoms with E-state index in [1.54, 1.807) is 0 Å². The Morgan fingerprint density at radius 2 is 2.08 bits per heavy atom. The van der Waals surface area contributed by atoms with Crippen molar-refractivity contribution < 1.29 is 8.78 Å². The van der Waals surface area contributed by atoms with Crippen LogP contribution in [0.5, 0.6) is 0 Å². The van der Waals surface area contributed by atoms with Gasteiger partial charge in [-0.1, -0.05) is 27.5 Å². The van der Waals surface area contributed by atoms with E-state index in [-0.39, 0.29) is 5.02 Å². The summed E-state index contributed by atoms with van der Waals surface area (Å²) in [6.45, 7) is 0. The largest absolute Gasteiger partial charge is 0.358 e. The van der Waals surface area contributed by atoms with Gasteiger partial charge in [0, 0.05) is 4.47 Å². The van der Waals surface area contributed by atoms with Crippen LogP contribution in [0, 0.1) is 11.3 Å². The predicted molar refractivity (Wildman–Crippen MR) is 48.7 cm³/mol. The number of benzene rings is 1. The van der Waals surface area contributed by atoms with Crippen LogP contribution in [0.1, 0.15) is 5.56 Å². The molecule has 0 aliphatic rings. The molecule has 0 heterocycles. The van der Waals surface area contributed by atoms with Crippen molar-refractivity contribution in [2.75, 3.05) is 0 Å². The average Bonchev–Trinajstić information content (AvgIpc) is 2.03. The lowest BCUT2D eigenvalue weighted by atomic mass is 10.1. The minimum Gasteiger partial charge on any atom is -0.191 e. The Kier molecular flexibility index (Phi) is 2.89.